The summed E-state index contributed by atoms with van der Waals surface area (Å²) < 4.78 is 15.7. The Kier molecular flexibility index (Phi) is 4.87. The monoisotopic (exact) mass is 296 g/mol. The van der Waals surface area contributed by atoms with E-state index < -0.39 is 12.1 Å². The molecule has 1 aromatic rings. The molecule has 21 heavy (non-hydrogen) atoms. The first kappa shape index (κ1) is 15.4. The summed E-state index contributed by atoms with van der Waals surface area (Å²) in [5.74, 6) is 1.19. The van der Waals surface area contributed by atoms with Gasteiger partial charge in [0.15, 0.2) is 11.5 Å². The second kappa shape index (κ2) is 6.64. The molecule has 1 amide bonds. The van der Waals surface area contributed by atoms with E-state index in [-0.39, 0.29) is 5.91 Å². The summed E-state index contributed by atoms with van der Waals surface area (Å²) in [5, 5.41) is 15.2. The molecule has 1 saturated heterocycles. The van der Waals surface area contributed by atoms with Gasteiger partial charge < -0.3 is 30.0 Å². The van der Waals surface area contributed by atoms with E-state index in [1.807, 2.05) is 0 Å². The van der Waals surface area contributed by atoms with Crippen molar-refractivity contribution in [2.75, 3.05) is 33.2 Å². The molecule has 1 aromatic carbocycles. The lowest BCUT2D eigenvalue weighted by Crippen LogP contribution is -2.35. The number of methoxy groups -OCH3 is 3. The number of benzene rings is 1. The molecule has 0 aliphatic carbocycles. The molecular formula is C14H20N2O5. The Morgan fingerprint density at radius 1 is 1.24 bits per heavy atom. The van der Waals surface area contributed by atoms with Crippen LogP contribution in [0.5, 0.6) is 17.2 Å². The summed E-state index contributed by atoms with van der Waals surface area (Å²) in [6.45, 7) is 0.424. The number of hydrogen-bond acceptors (Lipinski definition) is 6. The minimum absolute atomic E-state index is 0.208. The maximum Gasteiger partial charge on any atom is 0.241 e. The van der Waals surface area contributed by atoms with Gasteiger partial charge in [0, 0.05) is 24.4 Å². The van der Waals surface area contributed by atoms with Gasteiger partial charge >= 0.3 is 0 Å². The lowest BCUT2D eigenvalue weighted by Gasteiger charge is -2.16. The number of carbonyl (C=O) groups is 1. The topological polar surface area (TPSA) is 89.1 Å². The normalized spacial score (nSPS) is 21.0. The van der Waals surface area contributed by atoms with Crippen LogP contribution in [0.3, 0.4) is 0 Å². The van der Waals surface area contributed by atoms with Crippen molar-refractivity contribution in [3.63, 3.8) is 0 Å². The van der Waals surface area contributed by atoms with Crippen molar-refractivity contribution >= 4 is 11.6 Å². The van der Waals surface area contributed by atoms with E-state index in [4.69, 9.17) is 14.2 Å². The summed E-state index contributed by atoms with van der Waals surface area (Å²) in [6, 6.07) is 2.91. The molecular weight excluding hydrogens is 276 g/mol. The molecule has 0 bridgehead atoms. The first-order valence-electron chi connectivity index (χ1n) is 6.61. The van der Waals surface area contributed by atoms with Gasteiger partial charge in [-0.3, -0.25) is 4.79 Å². The Morgan fingerprint density at radius 2 is 1.86 bits per heavy atom. The van der Waals surface area contributed by atoms with Gasteiger partial charge in [-0.1, -0.05) is 0 Å². The second-order valence-electron chi connectivity index (χ2n) is 4.75. The molecule has 1 aliphatic rings. The molecule has 7 nitrogen and oxygen atoms in total. The predicted molar refractivity (Wildman–Crippen MR) is 77.1 cm³/mol. The molecule has 1 heterocycles. The fraction of sp³-hybridized carbons (Fsp3) is 0.500. The molecule has 0 aromatic heterocycles. The Morgan fingerprint density at radius 3 is 2.29 bits per heavy atom. The van der Waals surface area contributed by atoms with Crippen LogP contribution in [0.1, 0.15) is 6.42 Å². The number of β-amino-alcohol motifs (C(OH)–C–C–N with tert-alkyl or cyclic N) is 1. The fourth-order valence-corrected chi connectivity index (χ4v) is 2.30. The van der Waals surface area contributed by atoms with Crippen LogP contribution in [0.2, 0.25) is 0 Å². The lowest BCUT2D eigenvalue weighted by atomic mass is 10.2. The average molecular weight is 296 g/mol. The van der Waals surface area contributed by atoms with E-state index in [9.17, 15) is 9.90 Å². The smallest absolute Gasteiger partial charge is 0.241 e. The Bertz CT molecular complexity index is 495. The van der Waals surface area contributed by atoms with Gasteiger partial charge in [0.25, 0.3) is 0 Å². The summed E-state index contributed by atoms with van der Waals surface area (Å²) >= 11 is 0. The highest BCUT2D eigenvalue weighted by Crippen LogP contribution is 2.39. The van der Waals surface area contributed by atoms with Gasteiger partial charge in [0.05, 0.1) is 33.5 Å². The van der Waals surface area contributed by atoms with Gasteiger partial charge in [-0.25, -0.2) is 0 Å². The van der Waals surface area contributed by atoms with Crippen molar-refractivity contribution in [3.8, 4) is 17.2 Å². The van der Waals surface area contributed by atoms with Crippen molar-refractivity contribution in [2.45, 2.75) is 18.6 Å². The van der Waals surface area contributed by atoms with E-state index >= 15 is 0 Å². The molecule has 116 valence electrons. The van der Waals surface area contributed by atoms with Gasteiger partial charge in [-0.05, 0) is 6.42 Å². The molecule has 0 spiro atoms. The van der Waals surface area contributed by atoms with Crippen LogP contribution in [0.25, 0.3) is 0 Å². The number of hydrogen-bond donors (Lipinski definition) is 3. The highest BCUT2D eigenvalue weighted by atomic mass is 16.5. The van der Waals surface area contributed by atoms with Gasteiger partial charge in [0.1, 0.15) is 0 Å². The first-order valence-corrected chi connectivity index (χ1v) is 6.61. The van der Waals surface area contributed by atoms with Crippen LogP contribution in [0, 0.1) is 0 Å². The number of nitrogens with one attached hydrogen (secondary N) is 2. The number of aliphatic hydroxyl groups excluding tert-OH is 1. The minimum atomic E-state index is -0.485. The summed E-state index contributed by atoms with van der Waals surface area (Å²) in [6.07, 6.45) is -0.0864. The largest absolute Gasteiger partial charge is 0.493 e. The maximum absolute atomic E-state index is 12.1. The number of ether oxygens (including phenoxy) is 3. The summed E-state index contributed by atoms with van der Waals surface area (Å²) in [7, 11) is 4.54. The molecule has 3 N–H and O–H groups in total. The zero-order valence-corrected chi connectivity index (χ0v) is 12.3. The SMILES string of the molecule is COc1cc(NC(=O)C2CC(O)CN2)cc(OC)c1OC. The zero-order chi connectivity index (χ0) is 15.4. The Balaban J connectivity index is 2.18. The van der Waals surface area contributed by atoms with E-state index in [1.165, 1.54) is 21.3 Å². The van der Waals surface area contributed by atoms with E-state index in [1.54, 1.807) is 12.1 Å². The quantitative estimate of drug-likeness (QED) is 0.727. The number of rotatable bonds is 5. The average Bonchev–Trinajstić information content (AvgIpc) is 2.92. The van der Waals surface area contributed by atoms with Crippen molar-refractivity contribution in [3.05, 3.63) is 12.1 Å². The third-order valence-corrected chi connectivity index (χ3v) is 3.36. The third-order valence-electron chi connectivity index (χ3n) is 3.36. The molecule has 2 atom stereocenters. The van der Waals surface area contributed by atoms with Gasteiger partial charge in [-0.2, -0.15) is 0 Å². The summed E-state index contributed by atoms with van der Waals surface area (Å²) in [5.41, 5.74) is 0.540. The minimum Gasteiger partial charge on any atom is -0.493 e. The zero-order valence-electron chi connectivity index (χ0n) is 12.3. The second-order valence-corrected chi connectivity index (χ2v) is 4.75. The third kappa shape index (κ3) is 3.37. The number of aliphatic hydroxyl groups is 1. The molecule has 0 saturated carbocycles. The van der Waals surface area contributed by atoms with Crippen LogP contribution in [-0.4, -0.2) is 51.0 Å². The van der Waals surface area contributed by atoms with Crippen LogP contribution < -0.4 is 24.8 Å². The highest BCUT2D eigenvalue weighted by Gasteiger charge is 2.28. The van der Waals surface area contributed by atoms with Crippen LogP contribution >= 0.6 is 0 Å². The Hall–Kier alpha value is -1.99. The maximum atomic E-state index is 12.1. The molecule has 1 aliphatic heterocycles. The van der Waals surface area contributed by atoms with Crippen molar-refractivity contribution in [1.82, 2.24) is 5.32 Å². The van der Waals surface area contributed by atoms with Gasteiger partial charge in [0.2, 0.25) is 11.7 Å². The van der Waals surface area contributed by atoms with Crippen molar-refractivity contribution in [2.24, 2.45) is 0 Å². The molecule has 1 fully saturated rings. The predicted octanol–water partition coefficient (Wildman–Crippen LogP) is 0.374. The van der Waals surface area contributed by atoms with E-state index in [2.05, 4.69) is 10.6 Å². The first-order chi connectivity index (χ1) is 10.1. The molecule has 7 heteroatoms. The Labute approximate surface area is 123 Å². The highest BCUT2D eigenvalue weighted by molar-refractivity contribution is 5.95. The molecule has 0 radical (unpaired) electrons. The van der Waals surface area contributed by atoms with Crippen LogP contribution in [0.4, 0.5) is 5.69 Å². The van der Waals surface area contributed by atoms with E-state index in [0.29, 0.717) is 35.9 Å². The number of anilines is 1. The molecule has 2 unspecified atom stereocenters. The fourth-order valence-electron chi connectivity index (χ4n) is 2.30. The van der Waals surface area contributed by atoms with E-state index in [0.717, 1.165) is 0 Å². The standard InChI is InChI=1S/C14H20N2O5/c1-19-11-4-8(5-12(20-2)13(11)21-3)16-14(18)10-6-9(17)7-15-10/h4-5,9-10,15,17H,6-7H2,1-3H3,(H,16,18). The van der Waals surface area contributed by atoms with Crippen molar-refractivity contribution < 1.29 is 24.1 Å². The van der Waals surface area contributed by atoms with Crippen LogP contribution in [0.15, 0.2) is 12.1 Å². The van der Waals surface area contributed by atoms with Gasteiger partial charge in [-0.15, -0.1) is 0 Å². The number of amides is 1. The van der Waals surface area contributed by atoms with Crippen LogP contribution in [-0.2, 0) is 4.79 Å². The lowest BCUT2D eigenvalue weighted by molar-refractivity contribution is -0.117. The summed E-state index contributed by atoms with van der Waals surface area (Å²) in [4.78, 5) is 12.1. The van der Waals surface area contributed by atoms with Crippen molar-refractivity contribution in [1.29, 1.82) is 0 Å². The molecule has 2 rings (SSSR count). The number of carbonyl (C=O) groups excluding carboxylic acids is 1.